The Morgan fingerprint density at radius 3 is 2.38 bits per heavy atom. The van der Waals surface area contributed by atoms with E-state index in [2.05, 4.69) is 0 Å². The minimum absolute atomic E-state index is 0.227. The lowest BCUT2D eigenvalue weighted by molar-refractivity contribution is -0.137. The molecule has 0 saturated carbocycles. The van der Waals surface area contributed by atoms with Crippen LogP contribution in [0.2, 0.25) is 0 Å². The minimum atomic E-state index is -0.977. The fraction of sp³-hybridized carbons (Fsp3) is 0.250. The molecule has 21 heavy (non-hydrogen) atoms. The molecule has 0 radical (unpaired) electrons. The Kier molecular flexibility index (Phi) is 4.12. The van der Waals surface area contributed by atoms with Gasteiger partial charge in [0.15, 0.2) is 0 Å². The van der Waals surface area contributed by atoms with Gasteiger partial charge < -0.3 is 14.6 Å². The zero-order valence-electron chi connectivity index (χ0n) is 12.3. The molecule has 2 aromatic rings. The van der Waals surface area contributed by atoms with Gasteiger partial charge in [-0.15, -0.1) is 0 Å². The first kappa shape index (κ1) is 14.8. The number of carboxylic acids is 1. The van der Waals surface area contributed by atoms with E-state index in [-0.39, 0.29) is 12.5 Å². The minimum Gasteiger partial charge on any atom is -0.480 e. The summed E-state index contributed by atoms with van der Waals surface area (Å²) in [4.78, 5) is 24.9. The lowest BCUT2D eigenvalue weighted by Crippen LogP contribution is -2.29. The maximum atomic E-state index is 12.5. The molecule has 0 aliphatic heterocycles. The maximum Gasteiger partial charge on any atom is 0.323 e. The first-order chi connectivity index (χ1) is 9.88. The van der Waals surface area contributed by atoms with Gasteiger partial charge >= 0.3 is 5.97 Å². The third kappa shape index (κ3) is 3.31. The number of amides is 1. The van der Waals surface area contributed by atoms with E-state index in [9.17, 15) is 9.59 Å². The van der Waals surface area contributed by atoms with E-state index in [4.69, 9.17) is 5.11 Å². The second-order valence-electron chi connectivity index (χ2n) is 5.13. The largest absolute Gasteiger partial charge is 0.480 e. The number of rotatable bonds is 4. The normalized spacial score (nSPS) is 10.4. The van der Waals surface area contributed by atoms with Gasteiger partial charge in [-0.2, -0.15) is 0 Å². The van der Waals surface area contributed by atoms with Crippen LogP contribution in [0.15, 0.2) is 36.5 Å². The van der Waals surface area contributed by atoms with E-state index < -0.39 is 5.97 Å². The fourth-order valence-corrected chi connectivity index (χ4v) is 2.33. The predicted octanol–water partition coefficient (Wildman–Crippen LogP) is 2.47. The topological polar surface area (TPSA) is 62.5 Å². The van der Waals surface area contributed by atoms with E-state index in [1.165, 1.54) is 9.47 Å². The van der Waals surface area contributed by atoms with Crippen LogP contribution in [0.4, 0.5) is 5.69 Å². The summed E-state index contributed by atoms with van der Waals surface area (Å²) in [5.41, 5.74) is 3.30. The molecule has 0 unspecified atom stereocenters. The first-order valence-corrected chi connectivity index (χ1v) is 6.62. The van der Waals surface area contributed by atoms with E-state index in [1.807, 2.05) is 32.0 Å². The van der Waals surface area contributed by atoms with E-state index >= 15 is 0 Å². The monoisotopic (exact) mass is 286 g/mol. The van der Waals surface area contributed by atoms with E-state index in [1.54, 1.807) is 25.4 Å². The highest BCUT2D eigenvalue weighted by Gasteiger charge is 2.18. The zero-order valence-corrected chi connectivity index (χ0v) is 12.3. The molecule has 5 nitrogen and oxygen atoms in total. The van der Waals surface area contributed by atoms with Gasteiger partial charge in [-0.1, -0.05) is 6.07 Å². The standard InChI is InChI=1S/C16H18N2O3/c1-11-7-12(2)9-13(8-11)17(3)16(21)14-5-4-6-18(14)10-15(19)20/h4-9H,10H2,1-3H3,(H,19,20). The molecule has 0 bridgehead atoms. The van der Waals surface area contributed by atoms with Crippen LogP contribution in [0.3, 0.4) is 0 Å². The average Bonchev–Trinajstić information content (AvgIpc) is 2.83. The number of aliphatic carboxylic acids is 1. The van der Waals surface area contributed by atoms with Crippen molar-refractivity contribution in [3.8, 4) is 0 Å². The van der Waals surface area contributed by atoms with Crippen LogP contribution in [0, 0.1) is 13.8 Å². The van der Waals surface area contributed by atoms with Crippen LogP contribution in [-0.2, 0) is 11.3 Å². The van der Waals surface area contributed by atoms with Crippen molar-refractivity contribution in [2.24, 2.45) is 0 Å². The number of aromatic nitrogens is 1. The van der Waals surface area contributed by atoms with Gasteiger partial charge in [0.25, 0.3) is 5.91 Å². The smallest absolute Gasteiger partial charge is 0.323 e. The third-order valence-corrected chi connectivity index (χ3v) is 3.25. The van der Waals surface area contributed by atoms with Crippen molar-refractivity contribution in [3.63, 3.8) is 0 Å². The molecule has 0 atom stereocenters. The van der Waals surface area contributed by atoms with Crippen LogP contribution >= 0.6 is 0 Å². The molecular weight excluding hydrogens is 268 g/mol. The zero-order chi connectivity index (χ0) is 15.6. The summed E-state index contributed by atoms with van der Waals surface area (Å²) in [5.74, 6) is -1.21. The maximum absolute atomic E-state index is 12.5. The molecule has 110 valence electrons. The molecule has 2 rings (SSSR count). The van der Waals surface area contributed by atoms with Gasteiger partial charge in [-0.05, 0) is 49.2 Å². The van der Waals surface area contributed by atoms with Gasteiger partial charge in [0.05, 0.1) is 0 Å². The number of carboxylic acid groups (broad SMARTS) is 1. The number of benzene rings is 1. The van der Waals surface area contributed by atoms with Crippen molar-refractivity contribution in [2.75, 3.05) is 11.9 Å². The molecular formula is C16H18N2O3. The van der Waals surface area contributed by atoms with Crippen molar-refractivity contribution in [2.45, 2.75) is 20.4 Å². The number of carbonyl (C=O) groups is 2. The van der Waals surface area contributed by atoms with Crippen LogP contribution in [0.5, 0.6) is 0 Å². The summed E-state index contributed by atoms with van der Waals surface area (Å²) >= 11 is 0. The number of hydrogen-bond acceptors (Lipinski definition) is 2. The number of aryl methyl sites for hydroxylation is 2. The van der Waals surface area contributed by atoms with Crippen molar-refractivity contribution in [1.29, 1.82) is 0 Å². The van der Waals surface area contributed by atoms with Gasteiger partial charge in [0.1, 0.15) is 12.2 Å². The van der Waals surface area contributed by atoms with Crippen LogP contribution in [0.1, 0.15) is 21.6 Å². The first-order valence-electron chi connectivity index (χ1n) is 6.62. The SMILES string of the molecule is Cc1cc(C)cc(N(C)C(=O)c2cccn2CC(=O)O)c1. The number of nitrogens with zero attached hydrogens (tertiary/aromatic N) is 2. The molecule has 1 heterocycles. The summed E-state index contributed by atoms with van der Waals surface area (Å²) < 4.78 is 1.43. The second kappa shape index (κ2) is 5.83. The van der Waals surface area contributed by atoms with E-state index in [0.29, 0.717) is 5.69 Å². The molecule has 0 spiro atoms. The second-order valence-corrected chi connectivity index (χ2v) is 5.13. The Morgan fingerprint density at radius 1 is 1.19 bits per heavy atom. The summed E-state index contributed by atoms with van der Waals surface area (Å²) in [6.07, 6.45) is 1.59. The van der Waals surface area contributed by atoms with Crippen molar-refractivity contribution < 1.29 is 14.7 Å². The van der Waals surface area contributed by atoms with Gasteiger partial charge in [-0.3, -0.25) is 9.59 Å². The Balaban J connectivity index is 2.31. The molecule has 1 aromatic heterocycles. The summed E-state index contributed by atoms with van der Waals surface area (Å²) in [6.45, 7) is 3.72. The Bertz CT molecular complexity index is 668. The van der Waals surface area contributed by atoms with Crippen LogP contribution in [0.25, 0.3) is 0 Å². The summed E-state index contributed by atoms with van der Waals surface area (Å²) in [6, 6.07) is 9.19. The van der Waals surface area contributed by atoms with Gasteiger partial charge in [-0.25, -0.2) is 0 Å². The van der Waals surface area contributed by atoms with Crippen LogP contribution in [-0.4, -0.2) is 28.6 Å². The number of anilines is 1. The van der Waals surface area contributed by atoms with Crippen molar-refractivity contribution in [3.05, 3.63) is 53.3 Å². The van der Waals surface area contributed by atoms with Gasteiger partial charge in [0, 0.05) is 18.9 Å². The molecule has 0 aliphatic carbocycles. The summed E-state index contributed by atoms with van der Waals surface area (Å²) in [5, 5.41) is 8.87. The third-order valence-electron chi connectivity index (χ3n) is 3.25. The predicted molar refractivity (Wildman–Crippen MR) is 80.7 cm³/mol. The average molecular weight is 286 g/mol. The van der Waals surface area contributed by atoms with Gasteiger partial charge in [0.2, 0.25) is 0 Å². The highest BCUT2D eigenvalue weighted by Crippen LogP contribution is 2.19. The van der Waals surface area contributed by atoms with E-state index in [0.717, 1.165) is 16.8 Å². The quantitative estimate of drug-likeness (QED) is 0.939. The molecule has 1 aromatic carbocycles. The van der Waals surface area contributed by atoms with Crippen LogP contribution < -0.4 is 4.90 Å². The van der Waals surface area contributed by atoms with Crippen molar-refractivity contribution >= 4 is 17.6 Å². The number of carbonyl (C=O) groups excluding carboxylic acids is 1. The molecule has 0 saturated heterocycles. The fourth-order valence-electron chi connectivity index (χ4n) is 2.33. The molecule has 1 amide bonds. The highest BCUT2D eigenvalue weighted by molar-refractivity contribution is 6.05. The lowest BCUT2D eigenvalue weighted by Gasteiger charge is -2.19. The molecule has 1 N–H and O–H groups in total. The Hall–Kier alpha value is -2.56. The Morgan fingerprint density at radius 2 is 1.81 bits per heavy atom. The van der Waals surface area contributed by atoms with Crippen molar-refractivity contribution in [1.82, 2.24) is 4.57 Å². The molecule has 5 heteroatoms. The highest BCUT2D eigenvalue weighted by atomic mass is 16.4. The Labute approximate surface area is 123 Å². The summed E-state index contributed by atoms with van der Waals surface area (Å²) in [7, 11) is 1.69. The molecule has 0 aliphatic rings. The lowest BCUT2D eigenvalue weighted by atomic mass is 10.1. The molecule has 0 fully saturated rings. The number of hydrogen-bond donors (Lipinski definition) is 1.